The van der Waals surface area contributed by atoms with E-state index in [1.54, 1.807) is 29.4 Å². The second kappa shape index (κ2) is 8.89. The number of rotatable bonds is 5. The van der Waals surface area contributed by atoms with Gasteiger partial charge in [0, 0.05) is 11.6 Å². The van der Waals surface area contributed by atoms with Gasteiger partial charge in [-0.15, -0.1) is 0 Å². The monoisotopic (exact) mass is 476 g/mol. The molecule has 0 unspecified atom stereocenters. The fourth-order valence-corrected chi connectivity index (χ4v) is 5.35. The summed E-state index contributed by atoms with van der Waals surface area (Å²) >= 11 is 1.26. The number of anilines is 1. The summed E-state index contributed by atoms with van der Waals surface area (Å²) < 4.78 is 5.36. The molecule has 0 N–H and O–H groups in total. The van der Waals surface area contributed by atoms with Crippen LogP contribution in [0.1, 0.15) is 27.2 Å². The van der Waals surface area contributed by atoms with E-state index in [1.807, 2.05) is 60.7 Å². The van der Waals surface area contributed by atoms with Crippen molar-refractivity contribution in [2.45, 2.75) is 6.42 Å². The number of Topliss-reactive ketones (excluding diaryl/α,β-unsaturated/α-hetero) is 1. The minimum atomic E-state index is -0.252. The van der Waals surface area contributed by atoms with Crippen LogP contribution in [0.15, 0.2) is 106 Å². The van der Waals surface area contributed by atoms with E-state index in [0.29, 0.717) is 22.2 Å². The summed E-state index contributed by atoms with van der Waals surface area (Å²) in [6.45, 7) is 0. The number of thioether (sulfide) groups is 1. The van der Waals surface area contributed by atoms with E-state index in [9.17, 15) is 9.59 Å². The SMILES string of the molecule is O=C(CSC1=N/C(=C\c2ccco2)C(=O)N1c1ccccc1)c1ccc2c(c1)Cc1ccccc1-2. The van der Waals surface area contributed by atoms with Gasteiger partial charge >= 0.3 is 0 Å². The number of amidine groups is 1. The minimum absolute atomic E-state index is 0.000353. The van der Waals surface area contributed by atoms with E-state index in [-0.39, 0.29) is 23.1 Å². The summed E-state index contributed by atoms with van der Waals surface area (Å²) in [4.78, 5) is 32.4. The summed E-state index contributed by atoms with van der Waals surface area (Å²) in [5.41, 5.74) is 6.54. The third-order valence-electron chi connectivity index (χ3n) is 6.11. The highest BCUT2D eigenvalue weighted by atomic mass is 32.2. The third-order valence-corrected chi connectivity index (χ3v) is 7.05. The van der Waals surface area contributed by atoms with Crippen LogP contribution in [0.3, 0.4) is 0 Å². The van der Waals surface area contributed by atoms with Crippen molar-refractivity contribution in [2.75, 3.05) is 10.7 Å². The van der Waals surface area contributed by atoms with Crippen molar-refractivity contribution >= 4 is 40.4 Å². The van der Waals surface area contributed by atoms with Gasteiger partial charge in [-0.3, -0.25) is 14.5 Å². The Morgan fingerprint density at radius 3 is 2.57 bits per heavy atom. The molecule has 0 bridgehead atoms. The molecule has 0 atom stereocenters. The lowest BCUT2D eigenvalue weighted by Crippen LogP contribution is -2.30. The van der Waals surface area contributed by atoms with Crippen molar-refractivity contribution in [2.24, 2.45) is 4.99 Å². The van der Waals surface area contributed by atoms with Gasteiger partial charge in [-0.2, -0.15) is 0 Å². The summed E-state index contributed by atoms with van der Waals surface area (Å²) in [7, 11) is 0. The number of carbonyl (C=O) groups is 2. The number of hydrogen-bond acceptors (Lipinski definition) is 5. The predicted molar refractivity (Wildman–Crippen MR) is 140 cm³/mol. The van der Waals surface area contributed by atoms with Crippen LogP contribution < -0.4 is 4.90 Å². The van der Waals surface area contributed by atoms with E-state index in [2.05, 4.69) is 17.1 Å². The quantitative estimate of drug-likeness (QED) is 0.223. The molecule has 5 nitrogen and oxygen atoms in total. The van der Waals surface area contributed by atoms with Crippen molar-refractivity contribution in [3.63, 3.8) is 0 Å². The van der Waals surface area contributed by atoms with Gasteiger partial charge in [-0.25, -0.2) is 4.99 Å². The first-order chi connectivity index (χ1) is 17.2. The van der Waals surface area contributed by atoms with E-state index in [4.69, 9.17) is 4.42 Å². The topological polar surface area (TPSA) is 62.9 Å². The molecule has 170 valence electrons. The Bertz CT molecular complexity index is 1500. The first-order valence-corrected chi connectivity index (χ1v) is 12.3. The minimum Gasteiger partial charge on any atom is -0.465 e. The Balaban J connectivity index is 1.24. The number of ketones is 1. The second-order valence-corrected chi connectivity index (χ2v) is 9.28. The maximum atomic E-state index is 13.2. The summed E-state index contributed by atoms with van der Waals surface area (Å²) in [5.74, 6) is 0.472. The lowest BCUT2D eigenvalue weighted by molar-refractivity contribution is -0.113. The van der Waals surface area contributed by atoms with Gasteiger partial charge in [0.2, 0.25) is 0 Å². The molecular weight excluding hydrogens is 456 g/mol. The first-order valence-electron chi connectivity index (χ1n) is 11.3. The molecule has 0 saturated heterocycles. The number of amides is 1. The van der Waals surface area contributed by atoms with Crippen LogP contribution in [-0.4, -0.2) is 22.6 Å². The molecule has 6 heteroatoms. The van der Waals surface area contributed by atoms with E-state index in [0.717, 1.165) is 6.42 Å². The first kappa shape index (κ1) is 21.4. The fraction of sp³-hybridized carbons (Fsp3) is 0.0690. The lowest BCUT2D eigenvalue weighted by atomic mass is 10.0. The maximum Gasteiger partial charge on any atom is 0.283 e. The largest absolute Gasteiger partial charge is 0.465 e. The average Bonchev–Trinajstić information content (AvgIpc) is 3.61. The van der Waals surface area contributed by atoms with E-state index < -0.39 is 0 Å². The van der Waals surface area contributed by atoms with E-state index in [1.165, 1.54) is 34.0 Å². The molecule has 1 aliphatic heterocycles. The van der Waals surface area contributed by atoms with Gasteiger partial charge in [0.25, 0.3) is 5.91 Å². The van der Waals surface area contributed by atoms with Gasteiger partial charge in [0.05, 0.1) is 17.7 Å². The number of para-hydroxylation sites is 1. The van der Waals surface area contributed by atoms with E-state index >= 15 is 0 Å². The highest BCUT2D eigenvalue weighted by Crippen LogP contribution is 2.37. The number of nitrogens with zero attached hydrogens (tertiary/aromatic N) is 2. The predicted octanol–water partition coefficient (Wildman–Crippen LogP) is 6.21. The molecule has 2 heterocycles. The average molecular weight is 477 g/mol. The summed E-state index contributed by atoms with van der Waals surface area (Å²) in [5, 5.41) is 0.473. The van der Waals surface area contributed by atoms with Crippen LogP contribution in [0.25, 0.3) is 17.2 Å². The summed E-state index contributed by atoms with van der Waals surface area (Å²) in [6.07, 6.45) is 4.00. The maximum absolute atomic E-state index is 13.2. The van der Waals surface area contributed by atoms with Crippen LogP contribution in [0, 0.1) is 0 Å². The molecular formula is C29H20N2O3S. The molecule has 4 aromatic rings. The van der Waals surface area contributed by atoms with Crippen molar-refractivity contribution in [3.05, 3.63) is 119 Å². The zero-order valence-corrected chi connectivity index (χ0v) is 19.5. The van der Waals surface area contributed by atoms with Crippen LogP contribution >= 0.6 is 11.8 Å². The number of fused-ring (bicyclic) bond motifs is 3. The Labute approximate surface area is 206 Å². The number of aliphatic imine (C=N–C) groups is 1. The smallest absolute Gasteiger partial charge is 0.283 e. The highest BCUT2D eigenvalue weighted by molar-refractivity contribution is 8.14. The standard InChI is InChI=1S/C29H20N2O3S/c32-27(20-12-13-25-21(16-20)15-19-7-4-5-11-24(19)25)18-35-29-30-26(17-23-10-6-14-34-23)28(33)31(29)22-8-2-1-3-9-22/h1-14,16-17H,15,18H2/b26-17-. The molecule has 3 aromatic carbocycles. The highest BCUT2D eigenvalue weighted by Gasteiger charge is 2.32. The van der Waals surface area contributed by atoms with Crippen molar-refractivity contribution < 1.29 is 14.0 Å². The molecule has 0 saturated carbocycles. The fourth-order valence-electron chi connectivity index (χ4n) is 4.44. The lowest BCUT2D eigenvalue weighted by Gasteiger charge is -2.17. The zero-order valence-electron chi connectivity index (χ0n) is 18.7. The van der Waals surface area contributed by atoms with Crippen LogP contribution in [0.5, 0.6) is 0 Å². The Kier molecular flexibility index (Phi) is 5.43. The van der Waals surface area contributed by atoms with Crippen LogP contribution in [-0.2, 0) is 11.2 Å². The van der Waals surface area contributed by atoms with Gasteiger partial charge in [0.1, 0.15) is 11.5 Å². The number of furan rings is 1. The molecule has 1 aromatic heterocycles. The molecule has 1 amide bonds. The molecule has 35 heavy (non-hydrogen) atoms. The molecule has 2 aliphatic rings. The zero-order chi connectivity index (χ0) is 23.8. The normalized spacial score (nSPS) is 15.3. The number of hydrogen-bond donors (Lipinski definition) is 0. The second-order valence-electron chi connectivity index (χ2n) is 8.33. The van der Waals surface area contributed by atoms with Crippen LogP contribution in [0.2, 0.25) is 0 Å². The van der Waals surface area contributed by atoms with Gasteiger partial charge < -0.3 is 4.42 Å². The molecule has 0 radical (unpaired) electrons. The molecule has 6 rings (SSSR count). The Morgan fingerprint density at radius 1 is 0.943 bits per heavy atom. The molecule has 1 aliphatic carbocycles. The Morgan fingerprint density at radius 2 is 1.74 bits per heavy atom. The summed E-state index contributed by atoms with van der Waals surface area (Å²) in [6, 6.07) is 27.1. The number of carbonyl (C=O) groups excluding carboxylic acids is 2. The third kappa shape index (κ3) is 4.02. The van der Waals surface area contributed by atoms with Gasteiger partial charge in [0.15, 0.2) is 11.0 Å². The van der Waals surface area contributed by atoms with Crippen molar-refractivity contribution in [1.29, 1.82) is 0 Å². The molecule has 0 fully saturated rings. The van der Waals surface area contributed by atoms with Crippen LogP contribution in [0.4, 0.5) is 5.69 Å². The molecule has 0 spiro atoms. The van der Waals surface area contributed by atoms with Gasteiger partial charge in [-0.1, -0.05) is 66.4 Å². The van der Waals surface area contributed by atoms with Crippen molar-refractivity contribution in [1.82, 2.24) is 0 Å². The number of benzene rings is 3. The van der Waals surface area contributed by atoms with Crippen molar-refractivity contribution in [3.8, 4) is 11.1 Å². The van der Waals surface area contributed by atoms with Gasteiger partial charge in [-0.05, 0) is 59.0 Å². The Hall–Kier alpha value is -4.16.